The molecule has 1 fully saturated rings. The first-order valence-electron chi connectivity index (χ1n) is 13.7. The molecule has 0 radical (unpaired) electrons. The minimum Gasteiger partial charge on any atom is -0.408 e. The van der Waals surface area contributed by atoms with Crippen molar-refractivity contribution in [2.45, 2.75) is 90.8 Å². The molecular formula is C29H39BN2O6Si. The number of hydrogen-bond donors (Lipinski definition) is 0. The smallest absolute Gasteiger partial charge is 0.408 e. The number of carbonyl (C=O) groups is 1. The van der Waals surface area contributed by atoms with Crippen LogP contribution in [0.3, 0.4) is 0 Å². The molecule has 5 rings (SSSR count). The first-order chi connectivity index (χ1) is 18.2. The molecule has 2 aliphatic rings. The average Bonchev–Trinajstić information content (AvgIpc) is 3.36. The van der Waals surface area contributed by atoms with Gasteiger partial charge in [0.2, 0.25) is 0 Å². The molecule has 3 heterocycles. The molecule has 2 aliphatic heterocycles. The predicted molar refractivity (Wildman–Crippen MR) is 155 cm³/mol. The van der Waals surface area contributed by atoms with Gasteiger partial charge < -0.3 is 23.4 Å². The van der Waals surface area contributed by atoms with Crippen molar-refractivity contribution in [3.05, 3.63) is 63.6 Å². The van der Waals surface area contributed by atoms with Gasteiger partial charge in [-0.3, -0.25) is 4.79 Å². The van der Waals surface area contributed by atoms with Gasteiger partial charge in [-0.15, -0.1) is 0 Å². The quantitative estimate of drug-likeness (QED) is 0.293. The minimum atomic E-state index is -1.21. The number of benzene rings is 2. The van der Waals surface area contributed by atoms with Crippen LogP contribution in [0.1, 0.15) is 62.1 Å². The fourth-order valence-corrected chi connectivity index (χ4v) is 5.78. The normalized spacial score (nSPS) is 20.3. The van der Waals surface area contributed by atoms with E-state index in [0.717, 1.165) is 22.6 Å². The van der Waals surface area contributed by atoms with Crippen LogP contribution in [-0.2, 0) is 27.3 Å². The zero-order chi connectivity index (χ0) is 28.3. The van der Waals surface area contributed by atoms with E-state index in [2.05, 4.69) is 19.6 Å². The van der Waals surface area contributed by atoms with E-state index in [-0.39, 0.29) is 18.7 Å². The molecule has 1 amide bonds. The van der Waals surface area contributed by atoms with Crippen molar-refractivity contribution in [1.29, 1.82) is 0 Å². The van der Waals surface area contributed by atoms with Crippen LogP contribution >= 0.6 is 0 Å². The summed E-state index contributed by atoms with van der Waals surface area (Å²) in [5, 5.41) is 0. The topological polar surface area (TPSA) is 83.1 Å². The summed E-state index contributed by atoms with van der Waals surface area (Å²) in [5.41, 5.74) is 3.66. The standard InChI is InChI=1S/C29H39BN2O6Si/c1-19-22-11-10-21(30-37-28(2,3)29(4,5)38-30)16-23(22)26(33)31(19)17-20-9-12-24-25(15-20)36-27(34)32(24)18-35-13-14-39(6,7)8/h9-12,15-16,19H,13-14,17-18H2,1-8H3. The van der Waals surface area contributed by atoms with Crippen LogP contribution in [0, 0.1) is 0 Å². The highest BCUT2D eigenvalue weighted by Crippen LogP contribution is 2.38. The van der Waals surface area contributed by atoms with Gasteiger partial charge in [-0.1, -0.05) is 37.8 Å². The van der Waals surface area contributed by atoms with Crippen molar-refractivity contribution in [2.24, 2.45) is 0 Å². The molecule has 3 aromatic rings. The summed E-state index contributed by atoms with van der Waals surface area (Å²) in [6.07, 6.45) is 0. The third-order valence-electron chi connectivity index (χ3n) is 8.31. The van der Waals surface area contributed by atoms with Crippen LogP contribution in [0.4, 0.5) is 0 Å². The van der Waals surface area contributed by atoms with Gasteiger partial charge in [-0.05, 0) is 75.5 Å². The van der Waals surface area contributed by atoms with Crippen molar-refractivity contribution < 1.29 is 23.3 Å². The van der Waals surface area contributed by atoms with Crippen LogP contribution in [0.5, 0.6) is 0 Å². The summed E-state index contributed by atoms with van der Waals surface area (Å²) in [5.74, 6) is -0.478. The molecule has 0 bridgehead atoms. The van der Waals surface area contributed by atoms with Gasteiger partial charge in [0, 0.05) is 26.8 Å². The summed E-state index contributed by atoms with van der Waals surface area (Å²) in [6, 6.07) is 12.5. The molecule has 39 heavy (non-hydrogen) atoms. The second-order valence-corrected chi connectivity index (χ2v) is 18.6. The zero-order valence-corrected chi connectivity index (χ0v) is 25.3. The van der Waals surface area contributed by atoms with Gasteiger partial charge in [-0.2, -0.15) is 0 Å². The molecule has 8 nitrogen and oxygen atoms in total. The first-order valence-corrected chi connectivity index (χ1v) is 17.4. The minimum absolute atomic E-state index is 0.0363. The molecule has 1 aromatic heterocycles. The average molecular weight is 551 g/mol. The van der Waals surface area contributed by atoms with Gasteiger partial charge in [0.25, 0.3) is 5.91 Å². The maximum absolute atomic E-state index is 13.5. The second kappa shape index (κ2) is 9.76. The van der Waals surface area contributed by atoms with E-state index in [1.165, 1.54) is 4.57 Å². The summed E-state index contributed by atoms with van der Waals surface area (Å²) in [4.78, 5) is 27.9. The van der Waals surface area contributed by atoms with Gasteiger partial charge in [0.1, 0.15) is 6.73 Å². The Kier molecular flexibility index (Phi) is 6.98. The third kappa shape index (κ3) is 5.27. The molecule has 208 valence electrons. The van der Waals surface area contributed by atoms with Gasteiger partial charge in [0.15, 0.2) is 5.58 Å². The fourth-order valence-electron chi connectivity index (χ4n) is 5.02. The summed E-state index contributed by atoms with van der Waals surface area (Å²) >= 11 is 0. The number of carbonyl (C=O) groups excluding carboxylic acids is 1. The lowest BCUT2D eigenvalue weighted by Crippen LogP contribution is -2.41. The molecule has 1 saturated heterocycles. The van der Waals surface area contributed by atoms with Crippen LogP contribution < -0.4 is 11.2 Å². The van der Waals surface area contributed by atoms with Crippen molar-refractivity contribution in [3.8, 4) is 0 Å². The first kappa shape index (κ1) is 27.9. The number of oxazole rings is 1. The number of rotatable bonds is 8. The molecular weight excluding hydrogens is 511 g/mol. The number of fused-ring (bicyclic) bond motifs is 2. The molecule has 2 aromatic carbocycles. The number of ether oxygens (including phenoxy) is 1. The van der Waals surface area contributed by atoms with Gasteiger partial charge in [0.05, 0.1) is 22.8 Å². The summed E-state index contributed by atoms with van der Waals surface area (Å²) in [7, 11) is -1.73. The number of amides is 1. The van der Waals surface area contributed by atoms with Crippen molar-refractivity contribution in [1.82, 2.24) is 9.47 Å². The zero-order valence-electron chi connectivity index (χ0n) is 24.3. The van der Waals surface area contributed by atoms with Crippen molar-refractivity contribution >= 4 is 37.7 Å². The van der Waals surface area contributed by atoms with E-state index in [9.17, 15) is 9.59 Å². The molecule has 1 atom stereocenters. The van der Waals surface area contributed by atoms with Crippen LogP contribution in [-0.4, -0.2) is 48.4 Å². The molecule has 0 saturated carbocycles. The lowest BCUT2D eigenvalue weighted by atomic mass is 9.77. The van der Waals surface area contributed by atoms with E-state index in [1.807, 2.05) is 75.9 Å². The van der Waals surface area contributed by atoms with Gasteiger partial charge >= 0.3 is 12.9 Å². The Hall–Kier alpha value is -2.66. The van der Waals surface area contributed by atoms with Crippen LogP contribution in [0.2, 0.25) is 25.7 Å². The van der Waals surface area contributed by atoms with Crippen LogP contribution in [0.25, 0.3) is 11.1 Å². The molecule has 1 unspecified atom stereocenters. The molecule has 0 spiro atoms. The lowest BCUT2D eigenvalue weighted by Gasteiger charge is -2.32. The SMILES string of the molecule is CC1c2ccc(B3OC(C)(C)C(C)(C)O3)cc2C(=O)N1Cc1ccc2c(c1)oc(=O)n2COCC[Si](C)(C)C. The molecule has 10 heteroatoms. The molecule has 0 N–H and O–H groups in total. The van der Waals surface area contributed by atoms with Gasteiger partial charge in [-0.25, -0.2) is 9.36 Å². The maximum atomic E-state index is 13.5. The maximum Gasteiger partial charge on any atom is 0.494 e. The summed E-state index contributed by atoms with van der Waals surface area (Å²) in [6.45, 7) is 18.2. The van der Waals surface area contributed by atoms with Crippen molar-refractivity contribution in [3.63, 3.8) is 0 Å². The lowest BCUT2D eigenvalue weighted by molar-refractivity contribution is 0.00578. The fraction of sp³-hybridized carbons (Fsp3) is 0.517. The second-order valence-electron chi connectivity index (χ2n) is 13.0. The highest BCUT2D eigenvalue weighted by atomic mass is 28.3. The monoisotopic (exact) mass is 550 g/mol. The number of nitrogens with zero attached hydrogens (tertiary/aromatic N) is 2. The highest BCUT2D eigenvalue weighted by molar-refractivity contribution is 6.76. The van der Waals surface area contributed by atoms with E-state index in [4.69, 9.17) is 18.5 Å². The largest absolute Gasteiger partial charge is 0.494 e. The predicted octanol–water partition coefficient (Wildman–Crippen LogP) is 4.92. The van der Waals surface area contributed by atoms with E-state index >= 15 is 0 Å². The van der Waals surface area contributed by atoms with Crippen molar-refractivity contribution in [2.75, 3.05) is 6.61 Å². The Labute approximate surface area is 231 Å². The van der Waals surface area contributed by atoms with Crippen LogP contribution in [0.15, 0.2) is 45.6 Å². The molecule has 0 aliphatic carbocycles. The van der Waals surface area contributed by atoms with E-state index in [0.29, 0.717) is 29.8 Å². The highest BCUT2D eigenvalue weighted by Gasteiger charge is 2.52. The third-order valence-corrected chi connectivity index (χ3v) is 10.0. The van der Waals surface area contributed by atoms with E-state index < -0.39 is 32.2 Å². The Morgan fingerprint density at radius 3 is 2.36 bits per heavy atom. The summed E-state index contributed by atoms with van der Waals surface area (Å²) < 4.78 is 25.2. The Bertz CT molecular complexity index is 1450. The number of hydrogen-bond acceptors (Lipinski definition) is 6. The number of aromatic nitrogens is 1. The Morgan fingerprint density at radius 1 is 1.00 bits per heavy atom. The Morgan fingerprint density at radius 2 is 1.69 bits per heavy atom. The Balaban J connectivity index is 1.31. The van der Waals surface area contributed by atoms with E-state index in [1.54, 1.807) is 0 Å².